The van der Waals surface area contributed by atoms with Crippen LogP contribution in [-0.4, -0.2) is 16.5 Å². The SMILES string of the molecule is C/C=C/C(C)(F)Oc1ccc(CC2C(C)=CC(Br)=NC2C)cc1. The van der Waals surface area contributed by atoms with Crippen molar-refractivity contribution in [2.75, 3.05) is 0 Å². The largest absolute Gasteiger partial charge is 0.455 e. The molecule has 0 fully saturated rings. The Bertz CT molecular complexity index is 631. The number of rotatable bonds is 5. The lowest BCUT2D eigenvalue weighted by Crippen LogP contribution is -2.24. The van der Waals surface area contributed by atoms with E-state index in [2.05, 4.69) is 40.8 Å². The fourth-order valence-electron chi connectivity index (χ4n) is 2.84. The van der Waals surface area contributed by atoms with Crippen molar-refractivity contribution in [1.29, 1.82) is 0 Å². The topological polar surface area (TPSA) is 21.6 Å². The number of allylic oxidation sites excluding steroid dienone is 2. The van der Waals surface area contributed by atoms with Gasteiger partial charge >= 0.3 is 0 Å². The predicted octanol–water partition coefficient (Wildman–Crippen LogP) is 5.63. The maximum Gasteiger partial charge on any atom is 0.264 e. The Labute approximate surface area is 146 Å². The fourth-order valence-corrected chi connectivity index (χ4v) is 3.52. The van der Waals surface area contributed by atoms with Gasteiger partial charge in [-0.15, -0.1) is 0 Å². The van der Waals surface area contributed by atoms with Gasteiger partial charge in [-0.1, -0.05) is 23.8 Å². The van der Waals surface area contributed by atoms with Crippen LogP contribution < -0.4 is 4.74 Å². The number of dihydropyridines is 1. The third kappa shape index (κ3) is 5.03. The van der Waals surface area contributed by atoms with Crippen molar-refractivity contribution in [2.24, 2.45) is 10.9 Å². The number of halogens is 2. The number of hydrogen-bond donors (Lipinski definition) is 0. The predicted molar refractivity (Wildman–Crippen MR) is 98.2 cm³/mol. The van der Waals surface area contributed by atoms with Crippen molar-refractivity contribution in [1.82, 2.24) is 0 Å². The number of benzene rings is 1. The zero-order chi connectivity index (χ0) is 17.0. The van der Waals surface area contributed by atoms with Crippen LogP contribution >= 0.6 is 15.9 Å². The van der Waals surface area contributed by atoms with Gasteiger partial charge in [0.2, 0.25) is 0 Å². The summed E-state index contributed by atoms with van der Waals surface area (Å²) in [5.74, 6) is -0.867. The minimum atomic E-state index is -1.78. The van der Waals surface area contributed by atoms with Gasteiger partial charge in [0, 0.05) is 12.8 Å². The third-order valence-corrected chi connectivity index (χ3v) is 4.44. The van der Waals surface area contributed by atoms with Crippen LogP contribution in [0.1, 0.15) is 33.3 Å². The van der Waals surface area contributed by atoms with E-state index in [0.29, 0.717) is 11.7 Å². The molecule has 23 heavy (non-hydrogen) atoms. The second kappa shape index (κ2) is 7.43. The number of hydrogen-bond acceptors (Lipinski definition) is 2. The number of aliphatic imine (C=N–C) groups is 1. The van der Waals surface area contributed by atoms with Gasteiger partial charge in [0.1, 0.15) is 10.4 Å². The fraction of sp³-hybridized carbons (Fsp3) is 0.421. The first-order valence-electron chi connectivity index (χ1n) is 7.83. The molecule has 4 heteroatoms. The molecule has 0 amide bonds. The molecule has 3 atom stereocenters. The van der Waals surface area contributed by atoms with Gasteiger partial charge in [0.05, 0.1) is 6.04 Å². The summed E-state index contributed by atoms with van der Waals surface area (Å²) in [6, 6.07) is 7.88. The molecule has 0 aromatic heterocycles. The van der Waals surface area contributed by atoms with E-state index in [-0.39, 0.29) is 6.04 Å². The highest BCUT2D eigenvalue weighted by molar-refractivity contribution is 9.18. The van der Waals surface area contributed by atoms with Crippen molar-refractivity contribution in [3.8, 4) is 5.75 Å². The van der Waals surface area contributed by atoms with Crippen LogP contribution in [0, 0.1) is 5.92 Å². The standard InChI is InChI=1S/C19H23BrFNO/c1-5-10-19(4,21)23-16-8-6-15(7-9-16)12-17-13(2)11-18(20)22-14(17)3/h5-11,14,17H,12H2,1-4H3/b10-5+. The molecule has 1 aromatic rings. The normalized spacial score (nSPS) is 24.1. The van der Waals surface area contributed by atoms with Crippen molar-refractivity contribution in [3.05, 3.63) is 53.6 Å². The zero-order valence-corrected chi connectivity index (χ0v) is 15.6. The average molecular weight is 380 g/mol. The minimum absolute atomic E-state index is 0.245. The molecule has 1 heterocycles. The van der Waals surface area contributed by atoms with Crippen molar-refractivity contribution >= 4 is 20.6 Å². The summed E-state index contributed by atoms with van der Waals surface area (Å²) in [7, 11) is 0. The molecular weight excluding hydrogens is 357 g/mol. The summed E-state index contributed by atoms with van der Waals surface area (Å²) in [6.45, 7) is 7.44. The van der Waals surface area contributed by atoms with E-state index in [1.165, 1.54) is 24.1 Å². The van der Waals surface area contributed by atoms with Crippen molar-refractivity contribution in [3.63, 3.8) is 0 Å². The van der Waals surface area contributed by atoms with Crippen LogP contribution in [0.25, 0.3) is 0 Å². The van der Waals surface area contributed by atoms with Crippen LogP contribution in [0.4, 0.5) is 4.39 Å². The van der Waals surface area contributed by atoms with Gasteiger partial charge in [0.15, 0.2) is 0 Å². The highest BCUT2D eigenvalue weighted by atomic mass is 79.9. The average Bonchev–Trinajstić information content (AvgIpc) is 2.44. The minimum Gasteiger partial charge on any atom is -0.455 e. The molecule has 1 aliphatic heterocycles. The molecular formula is C19H23BrFNO. The maximum atomic E-state index is 14.1. The number of alkyl halides is 1. The van der Waals surface area contributed by atoms with Crippen molar-refractivity contribution in [2.45, 2.75) is 46.0 Å². The van der Waals surface area contributed by atoms with Gasteiger partial charge in [0.25, 0.3) is 5.85 Å². The summed E-state index contributed by atoms with van der Waals surface area (Å²) in [5.41, 5.74) is 2.52. The first kappa shape index (κ1) is 17.9. The van der Waals surface area contributed by atoms with Crippen LogP contribution in [0.5, 0.6) is 5.75 Å². The first-order valence-corrected chi connectivity index (χ1v) is 8.62. The van der Waals surface area contributed by atoms with E-state index in [1.807, 2.05) is 24.3 Å². The molecule has 0 saturated heterocycles. The third-order valence-electron chi connectivity index (χ3n) is 4.00. The Balaban J connectivity index is 2.05. The van der Waals surface area contributed by atoms with Gasteiger partial charge in [-0.2, -0.15) is 4.39 Å². The van der Waals surface area contributed by atoms with Gasteiger partial charge in [-0.05, 0) is 73.0 Å². The molecule has 0 radical (unpaired) electrons. The molecule has 0 spiro atoms. The van der Waals surface area contributed by atoms with Gasteiger partial charge < -0.3 is 4.74 Å². The molecule has 0 saturated carbocycles. The highest BCUT2D eigenvalue weighted by Crippen LogP contribution is 2.28. The Morgan fingerprint density at radius 2 is 2.00 bits per heavy atom. The molecule has 2 rings (SSSR count). The Hall–Kier alpha value is -1.42. The lowest BCUT2D eigenvalue weighted by Gasteiger charge is -2.26. The highest BCUT2D eigenvalue weighted by Gasteiger charge is 2.23. The Morgan fingerprint density at radius 3 is 2.57 bits per heavy atom. The van der Waals surface area contributed by atoms with Gasteiger partial charge in [-0.3, -0.25) is 4.99 Å². The van der Waals surface area contributed by atoms with Crippen LogP contribution in [-0.2, 0) is 6.42 Å². The van der Waals surface area contributed by atoms with E-state index >= 15 is 0 Å². The van der Waals surface area contributed by atoms with Crippen LogP contribution in [0.2, 0.25) is 0 Å². The van der Waals surface area contributed by atoms with E-state index in [0.717, 1.165) is 11.0 Å². The second-order valence-corrected chi connectivity index (χ2v) is 6.94. The molecule has 0 bridgehead atoms. The molecule has 2 nitrogen and oxygen atoms in total. The van der Waals surface area contributed by atoms with E-state index in [1.54, 1.807) is 13.0 Å². The lowest BCUT2D eigenvalue weighted by atomic mass is 9.86. The Kier molecular flexibility index (Phi) is 5.79. The quantitative estimate of drug-likeness (QED) is 0.607. The van der Waals surface area contributed by atoms with Crippen molar-refractivity contribution < 1.29 is 9.13 Å². The maximum absolute atomic E-state index is 14.1. The molecule has 1 aliphatic rings. The summed E-state index contributed by atoms with van der Waals surface area (Å²) >= 11 is 3.45. The smallest absolute Gasteiger partial charge is 0.264 e. The van der Waals surface area contributed by atoms with Crippen LogP contribution in [0.3, 0.4) is 0 Å². The van der Waals surface area contributed by atoms with E-state index in [4.69, 9.17) is 4.74 Å². The van der Waals surface area contributed by atoms with Crippen LogP contribution in [0.15, 0.2) is 53.1 Å². The summed E-state index contributed by atoms with van der Waals surface area (Å²) < 4.78 is 20.3. The van der Waals surface area contributed by atoms with E-state index < -0.39 is 5.85 Å². The summed E-state index contributed by atoms with van der Waals surface area (Å²) in [5, 5.41) is 0. The summed E-state index contributed by atoms with van der Waals surface area (Å²) in [6.07, 6.45) is 6.03. The Morgan fingerprint density at radius 1 is 1.35 bits per heavy atom. The van der Waals surface area contributed by atoms with Gasteiger partial charge in [-0.25, -0.2) is 0 Å². The molecule has 3 unspecified atom stereocenters. The number of ether oxygens (including phenoxy) is 1. The molecule has 124 valence electrons. The zero-order valence-electron chi connectivity index (χ0n) is 14.0. The number of nitrogens with zero attached hydrogens (tertiary/aromatic N) is 1. The van der Waals surface area contributed by atoms with E-state index in [9.17, 15) is 4.39 Å². The lowest BCUT2D eigenvalue weighted by molar-refractivity contribution is 0.00355. The summed E-state index contributed by atoms with van der Waals surface area (Å²) in [4.78, 5) is 4.57. The molecule has 0 aliphatic carbocycles. The molecule has 1 aromatic carbocycles. The monoisotopic (exact) mass is 379 g/mol. The molecule has 0 N–H and O–H groups in total. The second-order valence-electron chi connectivity index (χ2n) is 6.12. The first-order chi connectivity index (χ1) is 10.8.